The standard InChI is InChI=1S/C25H24O2S/c1-18(20-8-10-22(11-9-20)21-6-4-3-5-7-21)14-15-28-24-13-12-23(17-25(26)27)19(2)16-24/h3-14,16H,15,17H2,1-2H3,(H,26,27). The predicted molar refractivity (Wildman–Crippen MR) is 119 cm³/mol. The van der Waals surface area contributed by atoms with E-state index in [-0.39, 0.29) is 6.42 Å². The second-order valence-corrected chi connectivity index (χ2v) is 7.89. The van der Waals surface area contributed by atoms with Crippen molar-refractivity contribution in [2.45, 2.75) is 25.2 Å². The fourth-order valence-electron chi connectivity index (χ4n) is 3.06. The van der Waals surface area contributed by atoms with Crippen molar-refractivity contribution < 1.29 is 9.90 Å². The van der Waals surface area contributed by atoms with E-state index in [2.05, 4.69) is 67.6 Å². The van der Waals surface area contributed by atoms with Gasteiger partial charge in [0.25, 0.3) is 0 Å². The first-order valence-electron chi connectivity index (χ1n) is 9.29. The average Bonchev–Trinajstić information content (AvgIpc) is 2.70. The number of carboxylic acid groups (broad SMARTS) is 1. The Balaban J connectivity index is 1.61. The normalized spacial score (nSPS) is 11.4. The SMILES string of the molecule is CC(=CCSc1ccc(CC(=O)O)c(C)c1)c1ccc(-c2ccccc2)cc1. The molecule has 0 bridgehead atoms. The third-order valence-corrected chi connectivity index (χ3v) is 5.66. The van der Waals surface area contributed by atoms with Gasteiger partial charge in [0.2, 0.25) is 0 Å². The molecule has 28 heavy (non-hydrogen) atoms. The maximum atomic E-state index is 10.9. The number of thioether (sulfide) groups is 1. The summed E-state index contributed by atoms with van der Waals surface area (Å²) in [6.07, 6.45) is 2.32. The number of benzene rings is 3. The largest absolute Gasteiger partial charge is 0.481 e. The molecule has 0 aliphatic rings. The Kier molecular flexibility index (Phi) is 6.72. The number of hydrogen-bond donors (Lipinski definition) is 1. The van der Waals surface area contributed by atoms with Crippen LogP contribution in [-0.4, -0.2) is 16.8 Å². The third-order valence-electron chi connectivity index (χ3n) is 4.74. The summed E-state index contributed by atoms with van der Waals surface area (Å²) < 4.78 is 0. The van der Waals surface area contributed by atoms with Crippen molar-refractivity contribution in [2.24, 2.45) is 0 Å². The molecule has 0 spiro atoms. The molecule has 0 fully saturated rings. The van der Waals surface area contributed by atoms with Crippen molar-refractivity contribution in [1.29, 1.82) is 0 Å². The Hall–Kier alpha value is -2.78. The minimum atomic E-state index is -0.791. The molecule has 3 aromatic carbocycles. The lowest BCUT2D eigenvalue weighted by molar-refractivity contribution is -0.136. The number of carbonyl (C=O) groups is 1. The molecule has 0 aromatic heterocycles. The summed E-state index contributed by atoms with van der Waals surface area (Å²) in [5, 5.41) is 8.94. The number of aliphatic carboxylic acids is 1. The van der Waals surface area contributed by atoms with E-state index in [0.717, 1.165) is 21.8 Å². The molecule has 3 aromatic rings. The third kappa shape index (κ3) is 5.37. The summed E-state index contributed by atoms with van der Waals surface area (Å²) in [6.45, 7) is 4.11. The Morgan fingerprint density at radius 3 is 2.29 bits per heavy atom. The van der Waals surface area contributed by atoms with Gasteiger partial charge in [-0.1, -0.05) is 66.7 Å². The molecule has 3 heteroatoms. The number of rotatable bonds is 7. The summed E-state index contributed by atoms with van der Waals surface area (Å²) >= 11 is 1.76. The van der Waals surface area contributed by atoms with Crippen LogP contribution in [-0.2, 0) is 11.2 Å². The van der Waals surface area contributed by atoms with Gasteiger partial charge < -0.3 is 5.11 Å². The van der Waals surface area contributed by atoms with Crippen molar-refractivity contribution in [3.8, 4) is 11.1 Å². The Morgan fingerprint density at radius 1 is 0.964 bits per heavy atom. The zero-order valence-electron chi connectivity index (χ0n) is 16.2. The zero-order valence-corrected chi connectivity index (χ0v) is 17.0. The first-order chi connectivity index (χ1) is 13.5. The molecule has 0 saturated carbocycles. The van der Waals surface area contributed by atoms with Crippen LogP contribution >= 0.6 is 11.8 Å². The van der Waals surface area contributed by atoms with Crippen molar-refractivity contribution in [3.63, 3.8) is 0 Å². The van der Waals surface area contributed by atoms with Crippen LogP contribution in [0.4, 0.5) is 0 Å². The molecule has 1 N–H and O–H groups in total. The van der Waals surface area contributed by atoms with Gasteiger partial charge in [-0.25, -0.2) is 0 Å². The Morgan fingerprint density at radius 2 is 1.64 bits per heavy atom. The first kappa shape index (κ1) is 20.0. The molecule has 0 radical (unpaired) electrons. The van der Waals surface area contributed by atoms with Crippen LogP contribution in [0.5, 0.6) is 0 Å². The average molecular weight is 389 g/mol. The number of carboxylic acids is 1. The summed E-state index contributed by atoms with van der Waals surface area (Å²) in [5.74, 6) is 0.0876. The van der Waals surface area contributed by atoms with Gasteiger partial charge in [0.1, 0.15) is 0 Å². The monoisotopic (exact) mass is 388 g/mol. The van der Waals surface area contributed by atoms with E-state index in [0.29, 0.717) is 0 Å². The van der Waals surface area contributed by atoms with Gasteiger partial charge in [-0.15, -0.1) is 11.8 Å². The quantitative estimate of drug-likeness (QED) is 0.470. The van der Waals surface area contributed by atoms with E-state index in [1.54, 1.807) is 11.8 Å². The summed E-state index contributed by atoms with van der Waals surface area (Å²) in [7, 11) is 0. The molecule has 0 heterocycles. The molecule has 2 nitrogen and oxygen atoms in total. The van der Waals surface area contributed by atoms with Gasteiger partial charge >= 0.3 is 5.97 Å². The first-order valence-corrected chi connectivity index (χ1v) is 10.3. The van der Waals surface area contributed by atoms with E-state index in [1.807, 2.05) is 25.1 Å². The lowest BCUT2D eigenvalue weighted by atomic mass is 10.0. The van der Waals surface area contributed by atoms with Gasteiger partial charge in [-0.05, 0) is 59.4 Å². The highest BCUT2D eigenvalue weighted by molar-refractivity contribution is 7.99. The van der Waals surface area contributed by atoms with E-state index in [1.165, 1.54) is 22.3 Å². The molecule has 0 amide bonds. The Labute approximate surface area is 170 Å². The van der Waals surface area contributed by atoms with Crippen LogP contribution < -0.4 is 0 Å². The molecule has 0 atom stereocenters. The smallest absolute Gasteiger partial charge is 0.307 e. The molecule has 0 unspecified atom stereocenters. The van der Waals surface area contributed by atoms with Crippen LogP contribution in [0.1, 0.15) is 23.6 Å². The van der Waals surface area contributed by atoms with Crippen LogP contribution in [0.3, 0.4) is 0 Å². The van der Waals surface area contributed by atoms with E-state index >= 15 is 0 Å². The van der Waals surface area contributed by atoms with Gasteiger partial charge in [0.05, 0.1) is 6.42 Å². The second-order valence-electron chi connectivity index (χ2n) is 6.80. The van der Waals surface area contributed by atoms with Gasteiger partial charge in [-0.2, -0.15) is 0 Å². The van der Waals surface area contributed by atoms with Gasteiger partial charge in [-0.3, -0.25) is 4.79 Å². The highest BCUT2D eigenvalue weighted by atomic mass is 32.2. The second kappa shape index (κ2) is 9.43. The number of allylic oxidation sites excluding steroid dienone is 1. The zero-order chi connectivity index (χ0) is 19.9. The summed E-state index contributed by atoms with van der Waals surface area (Å²) in [6, 6.07) is 25.1. The number of aryl methyl sites for hydroxylation is 1. The minimum Gasteiger partial charge on any atom is -0.481 e. The van der Waals surface area contributed by atoms with E-state index in [4.69, 9.17) is 5.11 Å². The van der Waals surface area contributed by atoms with Gasteiger partial charge in [0.15, 0.2) is 0 Å². The lowest BCUT2D eigenvalue weighted by Crippen LogP contribution is -2.01. The highest BCUT2D eigenvalue weighted by Gasteiger charge is 2.05. The van der Waals surface area contributed by atoms with Gasteiger partial charge in [0, 0.05) is 10.6 Å². The fourth-order valence-corrected chi connectivity index (χ4v) is 4.01. The van der Waals surface area contributed by atoms with E-state index < -0.39 is 5.97 Å². The molecule has 3 rings (SSSR count). The maximum absolute atomic E-state index is 10.9. The number of hydrogen-bond acceptors (Lipinski definition) is 2. The predicted octanol–water partition coefficient (Wildman–Crippen LogP) is 6.48. The van der Waals surface area contributed by atoms with Crippen molar-refractivity contribution >= 4 is 23.3 Å². The molecule has 142 valence electrons. The highest BCUT2D eigenvalue weighted by Crippen LogP contribution is 2.25. The minimum absolute atomic E-state index is 0.0781. The topological polar surface area (TPSA) is 37.3 Å². The van der Waals surface area contributed by atoms with Crippen molar-refractivity contribution in [1.82, 2.24) is 0 Å². The summed E-state index contributed by atoms with van der Waals surface area (Å²) in [4.78, 5) is 12.0. The fraction of sp³-hybridized carbons (Fsp3) is 0.160. The van der Waals surface area contributed by atoms with Crippen LogP contribution in [0.15, 0.2) is 83.8 Å². The lowest BCUT2D eigenvalue weighted by Gasteiger charge is -2.07. The van der Waals surface area contributed by atoms with Crippen molar-refractivity contribution in [2.75, 3.05) is 5.75 Å². The molecule has 0 saturated heterocycles. The summed E-state index contributed by atoms with van der Waals surface area (Å²) in [5.41, 5.74) is 6.85. The van der Waals surface area contributed by atoms with Crippen LogP contribution in [0.2, 0.25) is 0 Å². The molecular formula is C25H24O2S. The molecular weight excluding hydrogens is 364 g/mol. The van der Waals surface area contributed by atoms with Crippen LogP contribution in [0, 0.1) is 6.92 Å². The Bertz CT molecular complexity index is 973. The van der Waals surface area contributed by atoms with E-state index in [9.17, 15) is 4.79 Å². The molecule has 0 aliphatic heterocycles. The van der Waals surface area contributed by atoms with Crippen LogP contribution in [0.25, 0.3) is 16.7 Å². The molecule has 0 aliphatic carbocycles. The maximum Gasteiger partial charge on any atom is 0.307 e. The van der Waals surface area contributed by atoms with Crippen molar-refractivity contribution in [3.05, 3.63) is 95.6 Å².